The fourth-order valence-electron chi connectivity index (χ4n) is 4.47. The first-order chi connectivity index (χ1) is 17.0. The van der Waals surface area contributed by atoms with Gasteiger partial charge < -0.3 is 19.9 Å². The third-order valence-corrected chi connectivity index (χ3v) is 6.66. The quantitative estimate of drug-likeness (QED) is 0.596. The SMILES string of the molecule is CCCC(=O)N1CCN(C(=O)Oc2c(Cl)c(C3NC(=O)c4ccccc43)nc3ncccc23)CC1. The molecular weight excluding hydrogens is 470 g/mol. The van der Waals surface area contributed by atoms with Gasteiger partial charge in [-0.2, -0.15) is 0 Å². The zero-order valence-electron chi connectivity index (χ0n) is 19.2. The van der Waals surface area contributed by atoms with Crippen LogP contribution >= 0.6 is 11.6 Å². The van der Waals surface area contributed by atoms with Crippen LogP contribution in [0, 0.1) is 0 Å². The average molecular weight is 494 g/mol. The van der Waals surface area contributed by atoms with Crippen molar-refractivity contribution in [2.45, 2.75) is 25.8 Å². The molecule has 5 rings (SSSR count). The lowest BCUT2D eigenvalue weighted by atomic mass is 10.0. The van der Waals surface area contributed by atoms with Gasteiger partial charge in [0, 0.05) is 44.4 Å². The number of pyridine rings is 2. The highest BCUT2D eigenvalue weighted by molar-refractivity contribution is 6.34. The second kappa shape index (κ2) is 9.50. The largest absolute Gasteiger partial charge is 0.415 e. The number of amides is 3. The lowest BCUT2D eigenvalue weighted by Gasteiger charge is -2.34. The first-order valence-corrected chi connectivity index (χ1v) is 11.9. The van der Waals surface area contributed by atoms with Crippen molar-refractivity contribution in [2.24, 2.45) is 0 Å². The molecule has 1 aromatic carbocycles. The van der Waals surface area contributed by atoms with Gasteiger partial charge in [0.2, 0.25) is 5.91 Å². The van der Waals surface area contributed by atoms with Crippen molar-refractivity contribution in [1.29, 1.82) is 0 Å². The highest BCUT2D eigenvalue weighted by Crippen LogP contribution is 2.41. The molecule has 4 heterocycles. The minimum atomic E-state index is -0.594. The number of benzene rings is 1. The molecule has 1 atom stereocenters. The highest BCUT2D eigenvalue weighted by atomic mass is 35.5. The number of carbonyl (C=O) groups excluding carboxylic acids is 3. The van der Waals surface area contributed by atoms with Crippen LogP contribution in [0.15, 0.2) is 42.6 Å². The van der Waals surface area contributed by atoms with Crippen LogP contribution < -0.4 is 10.1 Å². The molecule has 0 aliphatic carbocycles. The predicted octanol–water partition coefficient (Wildman–Crippen LogP) is 3.56. The topological polar surface area (TPSA) is 105 Å². The van der Waals surface area contributed by atoms with Gasteiger partial charge in [0.05, 0.1) is 17.1 Å². The Morgan fingerprint density at radius 3 is 2.63 bits per heavy atom. The van der Waals surface area contributed by atoms with Gasteiger partial charge in [0.15, 0.2) is 11.4 Å². The summed E-state index contributed by atoms with van der Waals surface area (Å²) in [5, 5.41) is 3.54. The monoisotopic (exact) mass is 493 g/mol. The van der Waals surface area contributed by atoms with Crippen molar-refractivity contribution in [1.82, 2.24) is 25.1 Å². The van der Waals surface area contributed by atoms with E-state index in [9.17, 15) is 14.4 Å². The molecule has 1 saturated heterocycles. The molecule has 2 aromatic heterocycles. The predicted molar refractivity (Wildman–Crippen MR) is 129 cm³/mol. The van der Waals surface area contributed by atoms with Crippen LogP contribution in [0.2, 0.25) is 5.02 Å². The summed E-state index contributed by atoms with van der Waals surface area (Å²) in [6, 6.07) is 10.1. The number of hydrogen-bond donors (Lipinski definition) is 1. The smallest absolute Gasteiger partial charge is 0.408 e. The van der Waals surface area contributed by atoms with Crippen LogP contribution in [0.1, 0.15) is 47.4 Å². The molecule has 35 heavy (non-hydrogen) atoms. The maximum atomic E-state index is 13.1. The van der Waals surface area contributed by atoms with Gasteiger partial charge in [-0.1, -0.05) is 36.7 Å². The first kappa shape index (κ1) is 23.0. The number of hydrogen-bond acceptors (Lipinski definition) is 6. The Bertz CT molecular complexity index is 1320. The Labute approximate surface area is 207 Å². The van der Waals surface area contributed by atoms with Crippen LogP contribution in [0.4, 0.5) is 4.79 Å². The van der Waals surface area contributed by atoms with Gasteiger partial charge in [0.1, 0.15) is 5.02 Å². The summed E-state index contributed by atoms with van der Waals surface area (Å²) in [4.78, 5) is 50.0. The second-order valence-electron chi connectivity index (χ2n) is 8.49. The molecule has 180 valence electrons. The van der Waals surface area contributed by atoms with Crippen LogP contribution in [-0.4, -0.2) is 63.9 Å². The van der Waals surface area contributed by atoms with Crippen molar-refractivity contribution in [3.05, 3.63) is 64.4 Å². The Kier molecular flexibility index (Phi) is 6.25. The number of piperazine rings is 1. The van der Waals surface area contributed by atoms with E-state index in [2.05, 4.69) is 15.3 Å². The Balaban J connectivity index is 1.44. The molecule has 1 fully saturated rings. The molecule has 0 spiro atoms. The molecule has 2 aliphatic heterocycles. The molecule has 2 aliphatic rings. The zero-order chi connectivity index (χ0) is 24.5. The molecular formula is C25H24ClN5O4. The van der Waals surface area contributed by atoms with Crippen LogP contribution in [-0.2, 0) is 4.79 Å². The number of halogens is 1. The van der Waals surface area contributed by atoms with E-state index < -0.39 is 12.1 Å². The fraction of sp³-hybridized carbons (Fsp3) is 0.320. The van der Waals surface area contributed by atoms with Crippen molar-refractivity contribution >= 4 is 40.5 Å². The van der Waals surface area contributed by atoms with E-state index in [1.807, 2.05) is 19.1 Å². The first-order valence-electron chi connectivity index (χ1n) is 11.6. The minimum absolute atomic E-state index is 0.0956. The number of fused-ring (bicyclic) bond motifs is 2. The number of rotatable bonds is 4. The van der Waals surface area contributed by atoms with E-state index in [0.717, 1.165) is 12.0 Å². The van der Waals surface area contributed by atoms with Gasteiger partial charge in [0.25, 0.3) is 5.91 Å². The van der Waals surface area contributed by atoms with Gasteiger partial charge in [-0.15, -0.1) is 0 Å². The number of ether oxygens (including phenoxy) is 1. The van der Waals surface area contributed by atoms with Gasteiger partial charge in [-0.05, 0) is 30.2 Å². The summed E-state index contributed by atoms with van der Waals surface area (Å²) in [6.45, 7) is 3.61. The van der Waals surface area contributed by atoms with Crippen LogP contribution in [0.3, 0.4) is 0 Å². The number of nitrogens with zero attached hydrogens (tertiary/aromatic N) is 4. The summed E-state index contributed by atoms with van der Waals surface area (Å²) in [7, 11) is 0. The summed E-state index contributed by atoms with van der Waals surface area (Å²) < 4.78 is 5.82. The van der Waals surface area contributed by atoms with Crippen LogP contribution in [0.5, 0.6) is 5.75 Å². The molecule has 1 N–H and O–H groups in total. The number of aromatic nitrogens is 2. The van der Waals surface area contributed by atoms with E-state index >= 15 is 0 Å². The zero-order valence-corrected chi connectivity index (χ0v) is 19.9. The maximum absolute atomic E-state index is 13.1. The molecule has 1 unspecified atom stereocenters. The summed E-state index contributed by atoms with van der Waals surface area (Å²) in [6.07, 6.45) is 2.32. The molecule has 0 bridgehead atoms. The number of carbonyl (C=O) groups is 3. The van der Waals surface area contributed by atoms with Crippen molar-refractivity contribution in [3.8, 4) is 5.75 Å². The van der Waals surface area contributed by atoms with Crippen LogP contribution in [0.25, 0.3) is 11.0 Å². The molecule has 3 aromatic rings. The molecule has 10 heteroatoms. The normalized spacial score (nSPS) is 17.3. The molecule has 0 radical (unpaired) electrons. The average Bonchev–Trinajstić information content (AvgIpc) is 3.22. The Hall–Kier alpha value is -3.72. The molecule has 3 amide bonds. The third-order valence-electron chi connectivity index (χ3n) is 6.29. The molecule has 0 saturated carbocycles. The number of nitrogens with one attached hydrogen (secondary N) is 1. The lowest BCUT2D eigenvalue weighted by Crippen LogP contribution is -2.51. The Morgan fingerprint density at radius 1 is 1.11 bits per heavy atom. The van der Waals surface area contributed by atoms with Crippen molar-refractivity contribution < 1.29 is 19.1 Å². The second-order valence-corrected chi connectivity index (χ2v) is 8.87. The van der Waals surface area contributed by atoms with Gasteiger partial charge in [-0.3, -0.25) is 9.59 Å². The van der Waals surface area contributed by atoms with Crippen molar-refractivity contribution in [3.63, 3.8) is 0 Å². The van der Waals surface area contributed by atoms with E-state index in [4.69, 9.17) is 16.3 Å². The molecule has 9 nitrogen and oxygen atoms in total. The fourth-order valence-corrected chi connectivity index (χ4v) is 4.76. The van der Waals surface area contributed by atoms with E-state index in [0.29, 0.717) is 54.9 Å². The summed E-state index contributed by atoms with van der Waals surface area (Å²) >= 11 is 6.77. The van der Waals surface area contributed by atoms with Gasteiger partial charge in [-0.25, -0.2) is 14.8 Å². The Morgan fingerprint density at radius 2 is 1.86 bits per heavy atom. The standard InChI is InChI=1S/C25H24ClN5O4/c1-2-6-18(32)30-11-13-31(14-12-30)25(34)35-22-17-9-5-10-27-23(17)28-21(19(22)26)20-15-7-3-4-8-16(15)24(33)29-20/h3-5,7-10,20H,2,6,11-14H2,1H3,(H,29,33). The summed E-state index contributed by atoms with van der Waals surface area (Å²) in [5.74, 6) is 0.0183. The van der Waals surface area contributed by atoms with E-state index in [-0.39, 0.29) is 22.6 Å². The highest BCUT2D eigenvalue weighted by Gasteiger charge is 2.34. The minimum Gasteiger partial charge on any atom is -0.408 e. The van der Waals surface area contributed by atoms with E-state index in [1.54, 1.807) is 40.3 Å². The van der Waals surface area contributed by atoms with Crippen molar-refractivity contribution in [2.75, 3.05) is 26.2 Å². The maximum Gasteiger partial charge on any atom is 0.415 e. The summed E-state index contributed by atoms with van der Waals surface area (Å²) in [5.41, 5.74) is 2.00. The van der Waals surface area contributed by atoms with Gasteiger partial charge >= 0.3 is 6.09 Å². The lowest BCUT2D eigenvalue weighted by molar-refractivity contribution is -0.132. The van der Waals surface area contributed by atoms with E-state index in [1.165, 1.54) is 0 Å². The third kappa shape index (κ3) is 4.27.